The highest BCUT2D eigenvalue weighted by Crippen LogP contribution is 2.26. The molecule has 0 atom stereocenters. The Morgan fingerprint density at radius 3 is 2.78 bits per heavy atom. The molecule has 0 radical (unpaired) electrons. The van der Waals surface area contributed by atoms with Crippen molar-refractivity contribution < 1.29 is 9.59 Å². The topological polar surface area (TPSA) is 51.1 Å². The second-order valence-corrected chi connectivity index (χ2v) is 6.66. The lowest BCUT2D eigenvalue weighted by atomic mass is 10.1. The number of thioether (sulfide) groups is 1. The molecule has 5 heteroatoms. The lowest BCUT2D eigenvalue weighted by Gasteiger charge is -2.06. The number of fused-ring (bicyclic) bond motifs is 1. The first kappa shape index (κ1) is 15.9. The molecular formula is C18H20N2O2S. The van der Waals surface area contributed by atoms with Gasteiger partial charge in [-0.15, -0.1) is 0 Å². The van der Waals surface area contributed by atoms with E-state index in [2.05, 4.69) is 35.1 Å². The number of aromatic nitrogens is 1. The Labute approximate surface area is 139 Å². The average Bonchev–Trinajstić information content (AvgIpc) is 3.08. The van der Waals surface area contributed by atoms with Gasteiger partial charge in [-0.3, -0.25) is 9.59 Å². The van der Waals surface area contributed by atoms with E-state index < -0.39 is 0 Å². The van der Waals surface area contributed by atoms with Crippen LogP contribution in [0.1, 0.15) is 38.2 Å². The summed E-state index contributed by atoms with van der Waals surface area (Å²) < 4.78 is 2.26. The van der Waals surface area contributed by atoms with E-state index in [1.165, 1.54) is 31.2 Å². The first-order chi connectivity index (χ1) is 11.2. The molecule has 2 aromatic rings. The number of nitrogens with one attached hydrogen (secondary N) is 1. The second kappa shape index (κ2) is 7.04. The van der Waals surface area contributed by atoms with Gasteiger partial charge in [0.15, 0.2) is 0 Å². The largest absolute Gasteiger partial charge is 0.347 e. The zero-order valence-electron chi connectivity index (χ0n) is 13.2. The summed E-state index contributed by atoms with van der Waals surface area (Å²) in [4.78, 5) is 23.0. The van der Waals surface area contributed by atoms with Crippen LogP contribution in [-0.4, -0.2) is 14.9 Å². The number of nitrogens with zero attached hydrogens (tertiary/aromatic N) is 1. The number of amides is 1. The summed E-state index contributed by atoms with van der Waals surface area (Å²) >= 11 is 0.712. The molecule has 2 heterocycles. The number of benzene rings is 1. The number of aryl methyl sites for hydroxylation is 1. The summed E-state index contributed by atoms with van der Waals surface area (Å²) in [6.45, 7) is 3.22. The maximum absolute atomic E-state index is 11.7. The van der Waals surface area contributed by atoms with Crippen molar-refractivity contribution in [1.29, 1.82) is 0 Å². The van der Waals surface area contributed by atoms with Crippen molar-refractivity contribution in [3.8, 4) is 0 Å². The van der Waals surface area contributed by atoms with E-state index in [1.54, 1.807) is 6.08 Å². The zero-order valence-corrected chi connectivity index (χ0v) is 14.0. The van der Waals surface area contributed by atoms with Crippen LogP contribution in [0.5, 0.6) is 0 Å². The maximum Gasteiger partial charge on any atom is 0.291 e. The molecule has 1 aliphatic heterocycles. The molecule has 0 spiro atoms. The first-order valence-electron chi connectivity index (χ1n) is 8.02. The third-order valence-corrected chi connectivity index (χ3v) is 4.73. The van der Waals surface area contributed by atoms with Gasteiger partial charge in [-0.1, -0.05) is 38.3 Å². The van der Waals surface area contributed by atoms with E-state index >= 15 is 0 Å². The van der Waals surface area contributed by atoms with Gasteiger partial charge in [0.05, 0.1) is 5.70 Å². The van der Waals surface area contributed by atoms with Gasteiger partial charge in [-0.05, 0) is 30.2 Å². The third-order valence-electron chi connectivity index (χ3n) is 4.04. The van der Waals surface area contributed by atoms with Crippen molar-refractivity contribution in [2.24, 2.45) is 0 Å². The van der Waals surface area contributed by atoms with Crippen LogP contribution in [0.4, 0.5) is 4.79 Å². The van der Waals surface area contributed by atoms with Gasteiger partial charge in [0.1, 0.15) is 0 Å². The van der Waals surface area contributed by atoms with Crippen molar-refractivity contribution in [2.45, 2.75) is 39.2 Å². The fourth-order valence-electron chi connectivity index (χ4n) is 2.85. The lowest BCUT2D eigenvalue weighted by molar-refractivity contribution is -0.107. The molecule has 1 saturated heterocycles. The molecular weight excluding hydrogens is 308 g/mol. The van der Waals surface area contributed by atoms with E-state index in [0.29, 0.717) is 17.5 Å². The van der Waals surface area contributed by atoms with Gasteiger partial charge in [0.25, 0.3) is 5.24 Å². The predicted octanol–water partition coefficient (Wildman–Crippen LogP) is 4.55. The molecule has 0 saturated carbocycles. The van der Waals surface area contributed by atoms with Gasteiger partial charge in [0.2, 0.25) is 5.12 Å². The van der Waals surface area contributed by atoms with Crippen molar-refractivity contribution in [3.63, 3.8) is 0 Å². The first-order valence-corrected chi connectivity index (χ1v) is 8.83. The molecule has 3 rings (SSSR count). The van der Waals surface area contributed by atoms with Crippen LogP contribution in [0.2, 0.25) is 0 Å². The lowest BCUT2D eigenvalue weighted by Crippen LogP contribution is -2.10. The molecule has 120 valence electrons. The van der Waals surface area contributed by atoms with Crippen LogP contribution >= 0.6 is 11.8 Å². The molecule has 1 N–H and O–H groups in total. The Balaban J connectivity index is 1.85. The van der Waals surface area contributed by atoms with Gasteiger partial charge in [-0.2, -0.15) is 0 Å². The van der Waals surface area contributed by atoms with Gasteiger partial charge < -0.3 is 9.88 Å². The van der Waals surface area contributed by atoms with Crippen molar-refractivity contribution in [1.82, 2.24) is 9.88 Å². The fourth-order valence-corrected chi connectivity index (χ4v) is 3.40. The number of unbranched alkanes of at least 4 members (excludes halogenated alkanes) is 3. The highest BCUT2D eigenvalue weighted by Gasteiger charge is 2.25. The number of rotatable bonds is 6. The summed E-state index contributed by atoms with van der Waals surface area (Å²) in [6.07, 6.45) is 8.80. The summed E-state index contributed by atoms with van der Waals surface area (Å²) in [6, 6.07) is 8.14. The van der Waals surface area contributed by atoms with Crippen LogP contribution in [-0.2, 0) is 11.3 Å². The summed E-state index contributed by atoms with van der Waals surface area (Å²) in [5, 5.41) is 3.19. The van der Waals surface area contributed by atoms with Crippen molar-refractivity contribution >= 4 is 39.1 Å². The minimum absolute atomic E-state index is 0.217. The molecule has 1 aliphatic rings. The van der Waals surface area contributed by atoms with E-state index in [1.807, 2.05) is 12.1 Å². The quantitative estimate of drug-likeness (QED) is 0.625. The number of hydrogen-bond acceptors (Lipinski definition) is 3. The average molecular weight is 328 g/mol. The zero-order chi connectivity index (χ0) is 16.2. The summed E-state index contributed by atoms with van der Waals surface area (Å²) in [7, 11) is 0. The molecule has 1 aromatic carbocycles. The van der Waals surface area contributed by atoms with Crippen LogP contribution in [0, 0.1) is 0 Å². The Morgan fingerprint density at radius 2 is 2.04 bits per heavy atom. The minimum Gasteiger partial charge on any atom is -0.347 e. The van der Waals surface area contributed by atoms with E-state index in [0.717, 1.165) is 17.5 Å². The number of carbonyl (C=O) groups is 2. The number of hydrogen-bond donors (Lipinski definition) is 1. The van der Waals surface area contributed by atoms with E-state index in [9.17, 15) is 9.59 Å². The monoisotopic (exact) mass is 328 g/mol. The van der Waals surface area contributed by atoms with Gasteiger partial charge in [-0.25, -0.2) is 0 Å². The summed E-state index contributed by atoms with van der Waals surface area (Å²) in [5.74, 6) is 0. The normalized spacial score (nSPS) is 16.5. The Morgan fingerprint density at radius 1 is 1.17 bits per heavy atom. The molecule has 1 amide bonds. The highest BCUT2D eigenvalue weighted by molar-refractivity contribution is 8.27. The Hall–Kier alpha value is -2.01. The molecule has 1 fully saturated rings. The Bertz CT molecular complexity index is 776. The SMILES string of the molecule is CCCCCCn1ccc2c(C=C3NC(=O)SC3=O)cccc21. The third kappa shape index (κ3) is 3.50. The summed E-state index contributed by atoms with van der Waals surface area (Å²) in [5.41, 5.74) is 2.49. The van der Waals surface area contributed by atoms with Gasteiger partial charge in [0, 0.05) is 35.4 Å². The standard InChI is InChI=1S/C18H20N2O2S/c1-2-3-4-5-10-20-11-9-14-13(7-6-8-16(14)20)12-15-17(21)23-18(22)19-15/h6-9,11-12H,2-5,10H2,1H3,(H,19,22). The Kier molecular flexibility index (Phi) is 4.86. The fraction of sp³-hybridized carbons (Fsp3) is 0.333. The second-order valence-electron chi connectivity index (χ2n) is 5.71. The van der Waals surface area contributed by atoms with Crippen molar-refractivity contribution in [2.75, 3.05) is 0 Å². The van der Waals surface area contributed by atoms with E-state index in [-0.39, 0.29) is 10.4 Å². The van der Waals surface area contributed by atoms with Crippen LogP contribution in [0.25, 0.3) is 17.0 Å². The maximum atomic E-state index is 11.7. The number of carbonyl (C=O) groups excluding carboxylic acids is 2. The minimum atomic E-state index is -0.304. The molecule has 4 nitrogen and oxygen atoms in total. The molecule has 1 aromatic heterocycles. The highest BCUT2D eigenvalue weighted by atomic mass is 32.2. The predicted molar refractivity (Wildman–Crippen MR) is 95.2 cm³/mol. The molecule has 0 bridgehead atoms. The van der Waals surface area contributed by atoms with Crippen molar-refractivity contribution in [3.05, 3.63) is 41.7 Å². The molecule has 0 unspecified atom stereocenters. The van der Waals surface area contributed by atoms with Gasteiger partial charge >= 0.3 is 0 Å². The smallest absolute Gasteiger partial charge is 0.291 e. The van der Waals surface area contributed by atoms with E-state index in [4.69, 9.17) is 0 Å². The van der Waals surface area contributed by atoms with Crippen LogP contribution in [0.3, 0.4) is 0 Å². The van der Waals surface area contributed by atoms with Crippen LogP contribution in [0.15, 0.2) is 36.2 Å². The van der Waals surface area contributed by atoms with Crippen LogP contribution < -0.4 is 5.32 Å². The molecule has 23 heavy (non-hydrogen) atoms. The molecule has 0 aliphatic carbocycles.